The summed E-state index contributed by atoms with van der Waals surface area (Å²) in [5.74, 6) is -0.355. The largest absolute Gasteiger partial charge is 0.459 e. The molecule has 0 unspecified atom stereocenters. The normalized spacial score (nSPS) is 20.6. The summed E-state index contributed by atoms with van der Waals surface area (Å²) >= 11 is 5.81. The Labute approximate surface area is 147 Å². The molecule has 1 amide bonds. The van der Waals surface area contributed by atoms with E-state index in [0.717, 1.165) is 31.2 Å². The first-order valence-electron chi connectivity index (χ1n) is 8.14. The highest BCUT2D eigenvalue weighted by molar-refractivity contribution is 6.30. The molecule has 0 aromatic heterocycles. The Kier molecular flexibility index (Phi) is 7.12. The number of rotatable bonds is 5. The Hall–Kier alpha value is -2.01. The SMILES string of the molecule is CCOC(=O)NC1CCC(OC(=O)/C=C/c2ccc(Cl)cc2)CC1. The molecule has 0 heterocycles. The summed E-state index contributed by atoms with van der Waals surface area (Å²) in [6.07, 6.45) is 5.65. The van der Waals surface area contributed by atoms with Crippen molar-refractivity contribution >= 4 is 29.7 Å². The van der Waals surface area contributed by atoms with Crippen molar-refractivity contribution in [3.05, 3.63) is 40.9 Å². The van der Waals surface area contributed by atoms with E-state index in [0.29, 0.717) is 11.6 Å². The van der Waals surface area contributed by atoms with Gasteiger partial charge in [-0.1, -0.05) is 23.7 Å². The predicted molar refractivity (Wildman–Crippen MR) is 92.8 cm³/mol. The van der Waals surface area contributed by atoms with Gasteiger partial charge in [-0.05, 0) is 56.4 Å². The molecule has 1 fully saturated rings. The molecule has 0 bridgehead atoms. The van der Waals surface area contributed by atoms with Crippen molar-refractivity contribution in [2.45, 2.75) is 44.8 Å². The maximum Gasteiger partial charge on any atom is 0.407 e. The molecule has 1 aliphatic rings. The van der Waals surface area contributed by atoms with Crippen LogP contribution in [0.5, 0.6) is 0 Å². The van der Waals surface area contributed by atoms with Gasteiger partial charge >= 0.3 is 12.1 Å². The lowest BCUT2D eigenvalue weighted by molar-refractivity contribution is -0.144. The third-order valence-electron chi connectivity index (χ3n) is 3.84. The van der Waals surface area contributed by atoms with Gasteiger partial charge < -0.3 is 14.8 Å². The fourth-order valence-electron chi connectivity index (χ4n) is 2.61. The summed E-state index contributed by atoms with van der Waals surface area (Å²) < 4.78 is 10.3. The molecule has 1 aromatic carbocycles. The lowest BCUT2D eigenvalue weighted by Gasteiger charge is -2.28. The van der Waals surface area contributed by atoms with E-state index in [-0.39, 0.29) is 24.2 Å². The van der Waals surface area contributed by atoms with Gasteiger partial charge in [-0.15, -0.1) is 0 Å². The molecule has 0 saturated heterocycles. The van der Waals surface area contributed by atoms with Crippen LogP contribution in [0.2, 0.25) is 5.02 Å². The van der Waals surface area contributed by atoms with Crippen LogP contribution in [0.3, 0.4) is 0 Å². The van der Waals surface area contributed by atoms with Gasteiger partial charge in [0.25, 0.3) is 0 Å². The van der Waals surface area contributed by atoms with Crippen molar-refractivity contribution in [3.63, 3.8) is 0 Å². The second kappa shape index (κ2) is 9.33. The number of esters is 1. The molecule has 6 heteroatoms. The number of nitrogens with one attached hydrogen (secondary N) is 1. The zero-order valence-corrected chi connectivity index (χ0v) is 14.4. The van der Waals surface area contributed by atoms with Crippen LogP contribution in [0, 0.1) is 0 Å². The average molecular weight is 352 g/mol. The Morgan fingerprint density at radius 3 is 2.50 bits per heavy atom. The molecule has 1 saturated carbocycles. The van der Waals surface area contributed by atoms with Gasteiger partial charge in [0.15, 0.2) is 0 Å². The zero-order valence-electron chi connectivity index (χ0n) is 13.7. The molecule has 1 aromatic rings. The van der Waals surface area contributed by atoms with Gasteiger partial charge in [-0.2, -0.15) is 0 Å². The first-order chi connectivity index (χ1) is 11.6. The molecule has 0 aliphatic heterocycles. The van der Waals surface area contributed by atoms with Gasteiger partial charge in [-0.3, -0.25) is 0 Å². The second-order valence-electron chi connectivity index (χ2n) is 5.66. The van der Waals surface area contributed by atoms with Crippen LogP contribution in [-0.2, 0) is 14.3 Å². The van der Waals surface area contributed by atoms with Crippen LogP contribution in [0.15, 0.2) is 30.3 Å². The summed E-state index contributed by atoms with van der Waals surface area (Å²) in [6.45, 7) is 2.13. The van der Waals surface area contributed by atoms with E-state index in [1.165, 1.54) is 6.08 Å². The van der Waals surface area contributed by atoms with Crippen molar-refractivity contribution in [1.29, 1.82) is 0 Å². The van der Waals surface area contributed by atoms with Crippen molar-refractivity contribution in [2.75, 3.05) is 6.61 Å². The predicted octanol–water partition coefficient (Wildman–Crippen LogP) is 3.95. The zero-order chi connectivity index (χ0) is 17.4. The highest BCUT2D eigenvalue weighted by atomic mass is 35.5. The first-order valence-corrected chi connectivity index (χ1v) is 8.52. The topological polar surface area (TPSA) is 64.6 Å². The minimum absolute atomic E-state index is 0.0867. The molecule has 130 valence electrons. The summed E-state index contributed by atoms with van der Waals surface area (Å²) in [7, 11) is 0. The molecular formula is C18H22ClNO4. The summed E-state index contributed by atoms with van der Waals surface area (Å²) in [5.41, 5.74) is 0.888. The van der Waals surface area contributed by atoms with Crippen LogP contribution >= 0.6 is 11.6 Å². The van der Waals surface area contributed by atoms with Crippen molar-refractivity contribution < 1.29 is 19.1 Å². The third kappa shape index (κ3) is 6.24. The minimum atomic E-state index is -0.385. The van der Waals surface area contributed by atoms with Gasteiger partial charge in [0.1, 0.15) is 6.10 Å². The van der Waals surface area contributed by atoms with E-state index in [2.05, 4.69) is 5.32 Å². The Morgan fingerprint density at radius 2 is 1.88 bits per heavy atom. The summed E-state index contributed by atoms with van der Waals surface area (Å²) in [4.78, 5) is 23.2. The lowest BCUT2D eigenvalue weighted by atomic mass is 9.93. The minimum Gasteiger partial charge on any atom is -0.459 e. The van der Waals surface area contributed by atoms with E-state index < -0.39 is 0 Å². The van der Waals surface area contributed by atoms with E-state index in [4.69, 9.17) is 21.1 Å². The quantitative estimate of drug-likeness (QED) is 0.644. The van der Waals surface area contributed by atoms with Crippen molar-refractivity contribution in [2.24, 2.45) is 0 Å². The van der Waals surface area contributed by atoms with Crippen molar-refractivity contribution in [3.8, 4) is 0 Å². The number of carbonyl (C=O) groups excluding carboxylic acids is 2. The molecular weight excluding hydrogens is 330 g/mol. The summed E-state index contributed by atoms with van der Waals surface area (Å²) in [6, 6.07) is 7.29. The number of carbonyl (C=O) groups is 2. The van der Waals surface area contributed by atoms with Crippen LogP contribution < -0.4 is 5.32 Å². The smallest absolute Gasteiger partial charge is 0.407 e. The molecule has 0 atom stereocenters. The van der Waals surface area contributed by atoms with E-state index in [9.17, 15) is 9.59 Å². The average Bonchev–Trinajstić information content (AvgIpc) is 2.56. The van der Waals surface area contributed by atoms with E-state index >= 15 is 0 Å². The monoisotopic (exact) mass is 351 g/mol. The number of alkyl carbamates (subject to hydrolysis) is 1. The van der Waals surface area contributed by atoms with Crippen LogP contribution in [0.25, 0.3) is 6.08 Å². The summed E-state index contributed by atoms with van der Waals surface area (Å²) in [5, 5.41) is 3.47. The molecule has 0 radical (unpaired) electrons. The van der Waals surface area contributed by atoms with Gasteiger partial charge in [-0.25, -0.2) is 9.59 Å². The lowest BCUT2D eigenvalue weighted by Crippen LogP contribution is -2.39. The molecule has 1 aliphatic carbocycles. The standard InChI is InChI=1S/C18H22ClNO4/c1-2-23-18(22)20-15-8-10-16(11-9-15)24-17(21)12-5-13-3-6-14(19)7-4-13/h3-7,12,15-16H,2,8-11H2,1H3,(H,20,22)/b12-5+. The maximum absolute atomic E-state index is 11.9. The van der Waals surface area contributed by atoms with Gasteiger partial charge in [0.2, 0.25) is 0 Å². The van der Waals surface area contributed by atoms with Crippen LogP contribution in [0.4, 0.5) is 4.79 Å². The number of ether oxygens (including phenoxy) is 2. The number of benzene rings is 1. The fraction of sp³-hybridized carbons (Fsp3) is 0.444. The Balaban J connectivity index is 1.72. The molecule has 0 spiro atoms. The van der Waals surface area contributed by atoms with Crippen LogP contribution in [0.1, 0.15) is 38.2 Å². The Bertz CT molecular complexity index is 577. The van der Waals surface area contributed by atoms with Gasteiger partial charge in [0.05, 0.1) is 6.61 Å². The Morgan fingerprint density at radius 1 is 1.21 bits per heavy atom. The number of hydrogen-bond donors (Lipinski definition) is 1. The van der Waals surface area contributed by atoms with Crippen LogP contribution in [-0.4, -0.2) is 30.8 Å². The van der Waals surface area contributed by atoms with Gasteiger partial charge in [0, 0.05) is 17.1 Å². The van der Waals surface area contributed by atoms with Crippen molar-refractivity contribution in [1.82, 2.24) is 5.32 Å². The number of hydrogen-bond acceptors (Lipinski definition) is 4. The molecule has 2 rings (SSSR count). The fourth-order valence-corrected chi connectivity index (χ4v) is 2.73. The highest BCUT2D eigenvalue weighted by Crippen LogP contribution is 2.21. The third-order valence-corrected chi connectivity index (χ3v) is 4.09. The molecule has 24 heavy (non-hydrogen) atoms. The number of amides is 1. The van der Waals surface area contributed by atoms with E-state index in [1.807, 2.05) is 12.1 Å². The second-order valence-corrected chi connectivity index (χ2v) is 6.10. The first kappa shape index (κ1) is 18.3. The highest BCUT2D eigenvalue weighted by Gasteiger charge is 2.24. The van der Waals surface area contributed by atoms with E-state index in [1.54, 1.807) is 25.1 Å². The molecule has 5 nitrogen and oxygen atoms in total. The number of halogens is 1. The maximum atomic E-state index is 11.9. The molecule has 1 N–H and O–H groups in total.